The van der Waals surface area contributed by atoms with Crippen molar-refractivity contribution in [3.8, 4) is 0 Å². The molecule has 6 aliphatic rings. The van der Waals surface area contributed by atoms with Crippen molar-refractivity contribution in [3.05, 3.63) is 284 Å². The van der Waals surface area contributed by atoms with E-state index in [0.29, 0.717) is 64.1 Å². The van der Waals surface area contributed by atoms with Gasteiger partial charge in [0, 0.05) is 0 Å². The van der Waals surface area contributed by atoms with Crippen LogP contribution in [0, 0.1) is 62.3 Å². The number of nitrogens with zero attached hydrogens (tertiary/aromatic N) is 5. The van der Waals surface area contributed by atoms with Gasteiger partial charge in [-0.25, -0.2) is 24.5 Å². The molecule has 0 saturated heterocycles. The summed E-state index contributed by atoms with van der Waals surface area (Å²) in [6.07, 6.45) is -38.8. The number of fused-ring (bicyclic) bond motifs is 6. The van der Waals surface area contributed by atoms with Crippen LogP contribution in [-0.2, 0) is 16.2 Å². The molecule has 120 heavy (non-hydrogen) atoms. The number of alkyl halides is 18. The molecule has 15 rings (SSSR count). The van der Waals surface area contributed by atoms with Crippen LogP contribution in [0.25, 0.3) is 0 Å². The van der Waals surface area contributed by atoms with E-state index in [2.05, 4.69) is 0 Å². The van der Waals surface area contributed by atoms with Crippen LogP contribution in [0.1, 0.15) is 208 Å². The monoisotopic (exact) mass is 1680 g/mol. The second-order valence-corrected chi connectivity index (χ2v) is 29.7. The normalized spacial score (nSPS) is 16.0. The van der Waals surface area contributed by atoms with Crippen LogP contribution < -0.4 is 29.8 Å². The van der Waals surface area contributed by atoms with Crippen molar-refractivity contribution in [2.75, 3.05) is 24.5 Å². The first-order valence-corrected chi connectivity index (χ1v) is 35.4. The smallest absolute Gasteiger partial charge is 0.288 e. The summed E-state index contributed by atoms with van der Waals surface area (Å²) in [5.41, 5.74) is -39.2. The lowest BCUT2D eigenvalue weighted by Crippen LogP contribution is -2.55. The molecule has 6 aliphatic heterocycles. The predicted octanol–water partition coefficient (Wildman–Crippen LogP) is 17.6. The van der Waals surface area contributed by atoms with Crippen LogP contribution in [-0.4, -0.2) is 108 Å². The summed E-state index contributed by atoms with van der Waals surface area (Å²) in [6, 6.07) is 10.5. The molecule has 0 spiro atoms. The summed E-state index contributed by atoms with van der Waals surface area (Å²) in [6.45, 7) is 11.7. The Morgan fingerprint density at radius 3 is 0.600 bits per heavy atom. The molecule has 9 aromatic carbocycles. The molecule has 36 heteroatoms. The van der Waals surface area contributed by atoms with Crippen molar-refractivity contribution in [1.29, 1.82) is 0 Å². The van der Waals surface area contributed by atoms with Crippen molar-refractivity contribution in [1.82, 2.24) is 5.32 Å². The number of rotatable bonds is 11. The molecule has 0 aromatic heterocycles. The van der Waals surface area contributed by atoms with Crippen molar-refractivity contribution >= 4 is 99.3 Å². The molecule has 614 valence electrons. The van der Waals surface area contributed by atoms with E-state index in [1.165, 1.54) is 41.5 Å². The topological polar surface area (TPSA) is 233 Å². The van der Waals surface area contributed by atoms with E-state index in [1.54, 1.807) is 24.4 Å². The van der Waals surface area contributed by atoms with Crippen molar-refractivity contribution in [2.45, 2.75) is 116 Å². The summed E-state index contributed by atoms with van der Waals surface area (Å²) >= 11 is 0. The Hall–Kier alpha value is -13.4. The van der Waals surface area contributed by atoms with Gasteiger partial charge in [0.2, 0.25) is 16.2 Å². The summed E-state index contributed by atoms with van der Waals surface area (Å²) in [5.74, 6) is -17.2. The molecule has 1 N–H and O–H groups in total. The SMILES string of the molecule is Cc1cc(C)c(N2C(=O)c3ccc(C(c4ccc5c(c4)C(=O)N(c4c(C)cc(C)c(N6C(=O)c7ccc(C(c8ccc9c(c8)C(=O)N(c8c(C)cc(C)c(N%10C(=O)c%11ccc(C(c%12ccc%13c(c%12)C(=O)NC%13=O)(C(F)(F)F)C(F)(F)F)cc%11C%10=O)c8C)C9=O)(C(F)(F)F)C(F)(F)F)cc7C6=O)c4C)C5=O)(C(F)(F)F)C(F)(F)F)cc3C2=O)c(C)c1. The van der Waals surface area contributed by atoms with Crippen molar-refractivity contribution in [2.24, 2.45) is 0 Å². The Balaban J connectivity index is 0.751. The highest BCUT2D eigenvalue weighted by atomic mass is 19.4. The Morgan fingerprint density at radius 2 is 0.383 bits per heavy atom. The van der Waals surface area contributed by atoms with Crippen LogP contribution in [0.4, 0.5) is 107 Å². The standard InChI is InChI=1S/C84H50F18N6O12/c1-32-22-33(2)59(34(3)23-32)104-66(111)48-17-11-43(27-54(48)71(104)116)77(81(91,92)93,82(94,95)96)44-13-19-50-56(29-44)73(118)106(68(50)113)62-37(6)25-38(7)63(40(62)9)108-70(115)52-21-15-46(31-58(52)75(108)120)78(83(97,98)99,84(100,101)102)45-14-20-51-57(30-45)74(119)107(69(51)114)61-36(5)24-35(4)60(39(61)8)105-67(112)49-18-12-42(28-55(49)72(105)117)76(79(85,86)87,80(88,89)90)41-10-16-47-53(26-41)65(110)103-64(47)109/h10-31H,1-9H3,(H,103,109,110). The molecular formula is C84H50F18N6O12. The third kappa shape index (κ3) is 10.8. The second kappa shape index (κ2) is 26.0. The molecule has 0 aliphatic carbocycles. The van der Waals surface area contributed by atoms with E-state index in [-0.39, 0.29) is 114 Å². The zero-order valence-electron chi connectivity index (χ0n) is 62.6. The summed E-state index contributed by atoms with van der Waals surface area (Å²) in [5, 5.41) is 1.74. The van der Waals surface area contributed by atoms with Gasteiger partial charge >= 0.3 is 37.1 Å². The first-order chi connectivity index (χ1) is 55.6. The highest BCUT2D eigenvalue weighted by Gasteiger charge is 2.76. The van der Waals surface area contributed by atoms with Gasteiger partial charge in [0.15, 0.2) is 0 Å². The van der Waals surface area contributed by atoms with E-state index in [4.69, 9.17) is 0 Å². The molecular weight excluding hydrogens is 1630 g/mol. The molecule has 0 fully saturated rings. The summed E-state index contributed by atoms with van der Waals surface area (Å²) < 4.78 is 287. The fourth-order valence-electron chi connectivity index (χ4n) is 18.0. The van der Waals surface area contributed by atoms with Crippen LogP contribution in [0.3, 0.4) is 0 Å². The van der Waals surface area contributed by atoms with E-state index in [1.807, 2.05) is 0 Å². The molecule has 12 amide bonds. The number of aryl methyl sites for hydroxylation is 7. The molecule has 0 unspecified atom stereocenters. The lowest BCUT2D eigenvalue weighted by atomic mass is 9.71. The summed E-state index contributed by atoms with van der Waals surface area (Å²) in [4.78, 5) is 172. The number of halogens is 18. The van der Waals surface area contributed by atoms with Crippen LogP contribution in [0.5, 0.6) is 0 Å². The van der Waals surface area contributed by atoms with Gasteiger partial charge in [0.1, 0.15) is 0 Å². The Labute approximate surface area is 662 Å². The van der Waals surface area contributed by atoms with Crippen LogP contribution in [0.2, 0.25) is 0 Å². The van der Waals surface area contributed by atoms with Gasteiger partial charge in [-0.2, -0.15) is 79.0 Å². The van der Waals surface area contributed by atoms with Gasteiger partial charge in [0.25, 0.3) is 70.9 Å². The lowest BCUT2D eigenvalue weighted by molar-refractivity contribution is -0.290. The van der Waals surface area contributed by atoms with E-state index < -0.39 is 258 Å². The zero-order chi connectivity index (χ0) is 88.1. The van der Waals surface area contributed by atoms with Crippen molar-refractivity contribution in [3.63, 3.8) is 0 Å². The van der Waals surface area contributed by atoms with E-state index in [9.17, 15) is 57.5 Å². The largest absolute Gasteiger partial charge is 0.411 e. The minimum absolute atomic E-state index is 0.0122. The van der Waals surface area contributed by atoms with E-state index >= 15 is 79.0 Å². The Bertz CT molecular complexity index is 6300. The van der Waals surface area contributed by atoms with Gasteiger partial charge in [0.05, 0.1) is 95.2 Å². The second-order valence-electron chi connectivity index (χ2n) is 29.7. The van der Waals surface area contributed by atoms with Crippen molar-refractivity contribution < 1.29 is 137 Å². The maximum Gasteiger partial charge on any atom is 0.411 e. The first kappa shape index (κ1) is 81.7. The summed E-state index contributed by atoms with van der Waals surface area (Å²) in [7, 11) is 0. The maximum absolute atomic E-state index is 16.3. The Kier molecular flexibility index (Phi) is 17.7. The highest BCUT2D eigenvalue weighted by molar-refractivity contribution is 6.40. The number of hydrogen-bond donors (Lipinski definition) is 1. The fraction of sp³-hybridized carbons (Fsp3) is 0.214. The maximum atomic E-state index is 16.3. The van der Waals surface area contributed by atoms with Gasteiger partial charge < -0.3 is 0 Å². The van der Waals surface area contributed by atoms with Gasteiger partial charge in [-0.05, 0) is 213 Å². The molecule has 9 aromatic rings. The van der Waals surface area contributed by atoms with E-state index in [0.717, 1.165) is 26.0 Å². The Morgan fingerprint density at radius 1 is 0.208 bits per heavy atom. The average molecular weight is 1680 g/mol. The molecule has 18 nitrogen and oxygen atoms in total. The number of hydrogen-bond acceptors (Lipinski definition) is 12. The number of benzene rings is 9. The zero-order valence-corrected chi connectivity index (χ0v) is 62.6. The number of carbonyl (C=O) groups is 12. The third-order valence-corrected chi connectivity index (χ3v) is 22.9. The number of imide groups is 6. The molecule has 0 radical (unpaired) electrons. The first-order valence-electron chi connectivity index (χ1n) is 35.4. The third-order valence-electron chi connectivity index (χ3n) is 22.9. The van der Waals surface area contributed by atoms with Crippen LogP contribution >= 0.6 is 0 Å². The molecule has 0 bridgehead atoms. The van der Waals surface area contributed by atoms with Gasteiger partial charge in [-0.3, -0.25) is 62.9 Å². The average Bonchev–Trinajstić information content (AvgIpc) is 0.981. The molecule has 0 saturated carbocycles. The number of amides is 12. The number of nitrogens with one attached hydrogen (secondary N) is 1. The number of carbonyl (C=O) groups excluding carboxylic acids is 12. The van der Waals surface area contributed by atoms with Gasteiger partial charge in [-0.15, -0.1) is 0 Å². The molecule has 6 heterocycles. The predicted molar refractivity (Wildman–Crippen MR) is 387 cm³/mol. The lowest BCUT2D eigenvalue weighted by Gasteiger charge is -2.38. The fourth-order valence-corrected chi connectivity index (χ4v) is 18.0. The number of anilines is 5. The molecule has 0 atom stereocenters. The highest BCUT2D eigenvalue weighted by Crippen LogP contribution is 2.62. The quantitative estimate of drug-likeness (QED) is 0.0941. The minimum Gasteiger partial charge on any atom is -0.288 e. The van der Waals surface area contributed by atoms with Crippen LogP contribution in [0.15, 0.2) is 133 Å². The minimum atomic E-state index is -6.60. The van der Waals surface area contributed by atoms with Gasteiger partial charge in [-0.1, -0.05) is 66.2 Å².